The van der Waals surface area contributed by atoms with Crippen LogP contribution in [0, 0.1) is 0 Å². The van der Waals surface area contributed by atoms with Crippen LogP contribution in [0.5, 0.6) is 0 Å². The van der Waals surface area contributed by atoms with E-state index in [1.54, 1.807) is 0 Å². The van der Waals surface area contributed by atoms with Crippen LogP contribution in [0.2, 0.25) is 0 Å². The Morgan fingerprint density at radius 2 is 1.13 bits per heavy atom. The van der Waals surface area contributed by atoms with Crippen LogP contribution in [0.15, 0.2) is 12.2 Å². The lowest BCUT2D eigenvalue weighted by atomic mass is 10.0. The fourth-order valence-corrected chi connectivity index (χ4v) is 4.21. The average molecular weight is 540 g/mol. The smallest absolute Gasteiger partial charge is 0.306 e. The van der Waals surface area contributed by atoms with Gasteiger partial charge in [-0.15, -0.1) is 0 Å². The van der Waals surface area contributed by atoms with E-state index < -0.39 is 0 Å². The largest absolute Gasteiger partial charge is 0.462 e. The molecule has 1 atom stereocenters. The molecule has 0 aliphatic carbocycles. The molecule has 0 saturated heterocycles. The van der Waals surface area contributed by atoms with E-state index in [0.29, 0.717) is 19.4 Å². The van der Waals surface area contributed by atoms with E-state index in [-0.39, 0.29) is 18.0 Å². The van der Waals surface area contributed by atoms with Crippen LogP contribution in [0.3, 0.4) is 0 Å². The third kappa shape index (κ3) is 30.9. The first kappa shape index (κ1) is 38.8. The van der Waals surface area contributed by atoms with Crippen LogP contribution < -0.4 is 5.32 Å². The van der Waals surface area contributed by atoms with Crippen molar-refractivity contribution in [3.05, 3.63) is 12.2 Å². The molecule has 0 saturated carbocycles. The van der Waals surface area contributed by atoms with E-state index in [4.69, 9.17) is 9.47 Å². The highest BCUT2D eigenvalue weighted by molar-refractivity contribution is 5.69. The average Bonchev–Trinajstić information content (AvgIpc) is 2.92. The number of rotatable bonds is 27. The third-order valence-corrected chi connectivity index (χ3v) is 6.51. The number of unbranched alkanes of at least 4 members (excludes halogenated alkanes) is 11. The number of nitrogens with one attached hydrogen (secondary N) is 1. The highest BCUT2D eigenvalue weighted by Gasteiger charge is 2.14. The lowest BCUT2D eigenvalue weighted by molar-refractivity contribution is -0.150. The zero-order chi connectivity index (χ0) is 28.5. The molecule has 0 amide bonds. The quantitative estimate of drug-likeness (QED) is 0.0639. The van der Waals surface area contributed by atoms with E-state index in [1.807, 2.05) is 19.9 Å². The van der Waals surface area contributed by atoms with Crippen LogP contribution in [0.4, 0.5) is 0 Å². The summed E-state index contributed by atoms with van der Waals surface area (Å²) in [6.45, 7) is 12.6. The molecule has 0 aliphatic heterocycles. The first-order valence-corrected chi connectivity index (χ1v) is 16.3. The molecule has 0 aromatic rings. The molecule has 0 radical (unpaired) electrons. The van der Waals surface area contributed by atoms with Crippen molar-refractivity contribution in [2.45, 2.75) is 169 Å². The van der Waals surface area contributed by atoms with Crippen molar-refractivity contribution in [2.75, 3.05) is 19.7 Å². The number of ether oxygens (including phenoxy) is 2. The molecule has 38 heavy (non-hydrogen) atoms. The van der Waals surface area contributed by atoms with Crippen LogP contribution in [-0.2, 0) is 19.1 Å². The summed E-state index contributed by atoms with van der Waals surface area (Å²) in [7, 11) is 0. The van der Waals surface area contributed by atoms with Crippen molar-refractivity contribution in [2.24, 2.45) is 0 Å². The van der Waals surface area contributed by atoms with Crippen LogP contribution in [0.25, 0.3) is 0 Å². The molecule has 226 valence electrons. The molecule has 0 heterocycles. The molecule has 0 fully saturated rings. The molecule has 0 aromatic carbocycles. The maximum atomic E-state index is 12.4. The van der Waals surface area contributed by atoms with Gasteiger partial charge in [-0.2, -0.15) is 0 Å². The number of carbonyl (C=O) groups excluding carboxylic acids is 2. The summed E-state index contributed by atoms with van der Waals surface area (Å²) in [5, 5.41) is 3.32. The number of esters is 2. The minimum Gasteiger partial charge on any atom is -0.462 e. The van der Waals surface area contributed by atoms with Crippen molar-refractivity contribution in [1.29, 1.82) is 0 Å². The summed E-state index contributed by atoms with van der Waals surface area (Å²) >= 11 is 0. The lowest BCUT2D eigenvalue weighted by Gasteiger charge is -2.18. The van der Waals surface area contributed by atoms with Crippen molar-refractivity contribution < 1.29 is 19.1 Å². The van der Waals surface area contributed by atoms with Crippen LogP contribution >= 0.6 is 0 Å². The second kappa shape index (κ2) is 33.7. The molecule has 0 aromatic heterocycles. The fraction of sp³-hybridized carbons (Fsp3) is 0.879. The predicted molar refractivity (Wildman–Crippen MR) is 164 cm³/mol. The van der Waals surface area contributed by atoms with Gasteiger partial charge in [0.1, 0.15) is 12.7 Å². The lowest BCUT2D eigenvalue weighted by Crippen LogP contribution is -2.21. The highest BCUT2D eigenvalue weighted by atomic mass is 16.5. The number of hydrogen-bond donors (Lipinski definition) is 1. The number of carbonyl (C=O) groups is 2. The molecule has 1 N–H and O–H groups in total. The normalized spacial score (nSPS) is 11.7. The van der Waals surface area contributed by atoms with E-state index in [2.05, 4.69) is 32.2 Å². The van der Waals surface area contributed by atoms with Gasteiger partial charge < -0.3 is 14.8 Å². The zero-order valence-electron chi connectivity index (χ0n) is 26.1. The third-order valence-electron chi connectivity index (χ3n) is 6.51. The number of hydrogen-bond acceptors (Lipinski definition) is 5. The highest BCUT2D eigenvalue weighted by Crippen LogP contribution is 2.17. The van der Waals surface area contributed by atoms with Crippen molar-refractivity contribution in [3.63, 3.8) is 0 Å². The van der Waals surface area contributed by atoms with E-state index >= 15 is 0 Å². The van der Waals surface area contributed by atoms with Gasteiger partial charge in [-0.3, -0.25) is 9.59 Å². The molecule has 0 spiro atoms. The molecular formula is C33H65NO4. The van der Waals surface area contributed by atoms with Gasteiger partial charge in [0.15, 0.2) is 0 Å². The maximum Gasteiger partial charge on any atom is 0.306 e. The first-order valence-electron chi connectivity index (χ1n) is 16.3. The van der Waals surface area contributed by atoms with Gasteiger partial charge in [0.25, 0.3) is 0 Å². The molecule has 1 unspecified atom stereocenters. The minimum absolute atomic E-state index is 0.0622. The monoisotopic (exact) mass is 539 g/mol. The minimum atomic E-state index is -0.143. The first-order chi connectivity index (χ1) is 18.6. The standard InChI is InChI=1S/C31H59NO4.C2H6/c1-4-7-10-13-14-16-19-28-35-30(33)24-20-26-32-27-21-25-31(34)36-29(22-17-12-9-6-3)23-18-15-11-8-5-2;1-2/h16,19,29,32H,4-15,17-18,20-28H2,1-3H3;1-2H3/b19-16-;. The van der Waals surface area contributed by atoms with Gasteiger partial charge in [0, 0.05) is 12.8 Å². The molecule has 0 aliphatic rings. The second-order valence-corrected chi connectivity index (χ2v) is 10.1. The summed E-state index contributed by atoms with van der Waals surface area (Å²) in [5.74, 6) is -0.205. The van der Waals surface area contributed by atoms with Crippen LogP contribution in [-0.4, -0.2) is 37.7 Å². The summed E-state index contributed by atoms with van der Waals surface area (Å²) in [6, 6.07) is 0. The Balaban J connectivity index is 0. The zero-order valence-corrected chi connectivity index (χ0v) is 26.1. The molecule has 5 heteroatoms. The van der Waals surface area contributed by atoms with E-state index in [0.717, 1.165) is 58.0 Å². The van der Waals surface area contributed by atoms with Gasteiger partial charge in [-0.1, -0.05) is 111 Å². The topological polar surface area (TPSA) is 64.6 Å². The Morgan fingerprint density at radius 3 is 1.71 bits per heavy atom. The second-order valence-electron chi connectivity index (χ2n) is 10.1. The molecule has 5 nitrogen and oxygen atoms in total. The fourth-order valence-electron chi connectivity index (χ4n) is 4.21. The van der Waals surface area contributed by atoms with Crippen molar-refractivity contribution >= 4 is 11.9 Å². The van der Waals surface area contributed by atoms with Gasteiger partial charge in [-0.25, -0.2) is 0 Å². The Hall–Kier alpha value is -1.36. The predicted octanol–water partition coefficient (Wildman–Crippen LogP) is 9.48. The maximum absolute atomic E-state index is 12.4. The summed E-state index contributed by atoms with van der Waals surface area (Å²) in [6.07, 6.45) is 25.8. The molecule has 0 rings (SSSR count). The van der Waals surface area contributed by atoms with Gasteiger partial charge in [-0.05, 0) is 64.5 Å². The molecule has 0 bridgehead atoms. The summed E-state index contributed by atoms with van der Waals surface area (Å²) in [5.41, 5.74) is 0. The Kier molecular flexibility index (Phi) is 34.4. The van der Waals surface area contributed by atoms with Gasteiger partial charge >= 0.3 is 11.9 Å². The SMILES string of the molecule is CC.CCCCCC/C=C\COC(=O)CCCNCCCC(=O)OC(CCCCCC)CCCCCCC. The van der Waals surface area contributed by atoms with E-state index in [1.165, 1.54) is 70.6 Å². The Labute approximate surface area is 237 Å². The molecular weight excluding hydrogens is 474 g/mol. The summed E-state index contributed by atoms with van der Waals surface area (Å²) in [4.78, 5) is 24.1. The Morgan fingerprint density at radius 1 is 0.632 bits per heavy atom. The van der Waals surface area contributed by atoms with Crippen molar-refractivity contribution in [1.82, 2.24) is 5.32 Å². The van der Waals surface area contributed by atoms with Gasteiger partial charge in [0.05, 0.1) is 0 Å². The number of allylic oxidation sites excluding steroid dienone is 1. The summed E-state index contributed by atoms with van der Waals surface area (Å²) < 4.78 is 11.1. The van der Waals surface area contributed by atoms with Crippen LogP contribution in [0.1, 0.15) is 163 Å². The van der Waals surface area contributed by atoms with Gasteiger partial charge in [0.2, 0.25) is 0 Å². The van der Waals surface area contributed by atoms with Crippen molar-refractivity contribution in [3.8, 4) is 0 Å². The Bertz CT molecular complexity index is 521. The van der Waals surface area contributed by atoms with E-state index in [9.17, 15) is 9.59 Å².